The predicted molar refractivity (Wildman–Crippen MR) is 136 cm³/mol. The normalized spacial score (nSPS) is 15.7. The Kier molecular flexibility index (Phi) is 6.10. The first-order chi connectivity index (χ1) is 16.9. The first-order valence-corrected chi connectivity index (χ1v) is 12.7. The van der Waals surface area contributed by atoms with Crippen LogP contribution in [0.1, 0.15) is 61.1 Å². The first kappa shape index (κ1) is 23.2. The molecule has 3 aromatic rings. The summed E-state index contributed by atoms with van der Waals surface area (Å²) in [5.41, 5.74) is 3.65. The lowest BCUT2D eigenvalue weighted by molar-refractivity contribution is 0.0746. The van der Waals surface area contributed by atoms with Crippen LogP contribution in [0.4, 0.5) is 10.8 Å². The topological polar surface area (TPSA) is 86.7 Å². The van der Waals surface area contributed by atoms with Crippen molar-refractivity contribution in [3.63, 3.8) is 0 Å². The van der Waals surface area contributed by atoms with Crippen molar-refractivity contribution >= 4 is 39.9 Å². The number of para-hydroxylation sites is 1. The van der Waals surface area contributed by atoms with Crippen LogP contribution in [0.2, 0.25) is 0 Å². The summed E-state index contributed by atoms with van der Waals surface area (Å²) in [5, 5.41) is 10.1. The maximum atomic E-state index is 13.5. The van der Waals surface area contributed by atoms with Gasteiger partial charge in [0.2, 0.25) is 5.13 Å². The van der Waals surface area contributed by atoms with E-state index in [1.54, 1.807) is 34.4 Å². The summed E-state index contributed by atoms with van der Waals surface area (Å²) in [6.45, 7) is 8.40. The van der Waals surface area contributed by atoms with Gasteiger partial charge < -0.3 is 9.80 Å². The molecule has 3 heterocycles. The van der Waals surface area contributed by atoms with Crippen LogP contribution in [0, 0.1) is 6.92 Å². The highest BCUT2D eigenvalue weighted by molar-refractivity contribution is 7.15. The van der Waals surface area contributed by atoms with Gasteiger partial charge in [-0.15, -0.1) is 10.2 Å². The standard InChI is InChI=1S/C26H27N5O3S/c1-4-17-7-6-8-18(5-2)22(17)31-24(33)20-10-9-19(15-21(20)25(31)34)23(32)29-11-13-30(14-12-29)26-28-27-16(3)35-26/h6-10,15H,4-5,11-14H2,1-3H3. The number of anilines is 2. The van der Waals surface area contributed by atoms with E-state index >= 15 is 0 Å². The average molecular weight is 490 g/mol. The SMILES string of the molecule is CCc1cccc(CC)c1N1C(=O)c2ccc(C(=O)N3CCN(c4nnc(C)s4)CC3)cc2C1=O. The smallest absolute Gasteiger partial charge is 0.266 e. The number of hydrogen-bond acceptors (Lipinski definition) is 7. The fourth-order valence-electron chi connectivity index (χ4n) is 4.78. The fourth-order valence-corrected chi connectivity index (χ4v) is 5.52. The van der Waals surface area contributed by atoms with Gasteiger partial charge in [-0.25, -0.2) is 4.90 Å². The Labute approximate surface area is 208 Å². The molecular weight excluding hydrogens is 462 g/mol. The first-order valence-electron chi connectivity index (χ1n) is 11.9. The summed E-state index contributed by atoms with van der Waals surface area (Å²) in [6, 6.07) is 10.7. The maximum Gasteiger partial charge on any atom is 0.266 e. The quantitative estimate of drug-likeness (QED) is 0.508. The van der Waals surface area contributed by atoms with E-state index in [0.29, 0.717) is 55.8 Å². The Balaban J connectivity index is 1.38. The second-order valence-corrected chi connectivity index (χ2v) is 9.88. The molecule has 0 aliphatic carbocycles. The zero-order valence-electron chi connectivity index (χ0n) is 20.1. The Morgan fingerprint density at radius 3 is 2.17 bits per heavy atom. The number of imide groups is 1. The molecule has 0 N–H and O–H groups in total. The van der Waals surface area contributed by atoms with Crippen LogP contribution in [0.25, 0.3) is 0 Å². The summed E-state index contributed by atoms with van der Waals surface area (Å²) in [4.78, 5) is 45.2. The molecule has 0 unspecified atom stereocenters. The molecule has 2 aromatic carbocycles. The minimum absolute atomic E-state index is 0.136. The van der Waals surface area contributed by atoms with Crippen LogP contribution in [0.3, 0.4) is 0 Å². The van der Waals surface area contributed by atoms with Gasteiger partial charge in [0.15, 0.2) is 0 Å². The van der Waals surface area contributed by atoms with Crippen LogP contribution in [-0.2, 0) is 12.8 Å². The molecule has 2 aliphatic heterocycles. The second-order valence-electron chi connectivity index (χ2n) is 8.72. The van der Waals surface area contributed by atoms with Crippen molar-refractivity contribution in [1.29, 1.82) is 0 Å². The van der Waals surface area contributed by atoms with E-state index in [0.717, 1.165) is 21.3 Å². The molecule has 1 saturated heterocycles. The van der Waals surface area contributed by atoms with Crippen molar-refractivity contribution in [3.8, 4) is 0 Å². The van der Waals surface area contributed by atoms with Gasteiger partial charge in [-0.05, 0) is 49.1 Å². The van der Waals surface area contributed by atoms with Gasteiger partial charge >= 0.3 is 0 Å². The van der Waals surface area contributed by atoms with Crippen LogP contribution in [-0.4, -0.2) is 59.0 Å². The van der Waals surface area contributed by atoms with E-state index in [1.165, 1.54) is 4.90 Å². The zero-order chi connectivity index (χ0) is 24.7. The molecule has 0 spiro atoms. The number of carbonyl (C=O) groups is 3. The Bertz CT molecular complexity index is 1300. The summed E-state index contributed by atoms with van der Waals surface area (Å²) >= 11 is 1.54. The highest BCUT2D eigenvalue weighted by Crippen LogP contribution is 2.35. The molecule has 0 bridgehead atoms. The van der Waals surface area contributed by atoms with E-state index in [4.69, 9.17) is 0 Å². The molecule has 3 amide bonds. The van der Waals surface area contributed by atoms with Gasteiger partial charge in [-0.1, -0.05) is 43.4 Å². The number of aromatic nitrogens is 2. The molecule has 5 rings (SSSR count). The third-order valence-corrected chi connectivity index (χ3v) is 7.57. The maximum absolute atomic E-state index is 13.5. The summed E-state index contributed by atoms with van der Waals surface area (Å²) < 4.78 is 0. The molecular formula is C26H27N5O3S. The molecule has 9 heteroatoms. The van der Waals surface area contributed by atoms with Crippen molar-refractivity contribution < 1.29 is 14.4 Å². The predicted octanol–water partition coefficient (Wildman–Crippen LogP) is 3.73. The molecule has 0 atom stereocenters. The Morgan fingerprint density at radius 2 is 1.57 bits per heavy atom. The number of aryl methyl sites for hydroxylation is 3. The lowest BCUT2D eigenvalue weighted by Crippen LogP contribution is -2.48. The summed E-state index contributed by atoms with van der Waals surface area (Å²) in [7, 11) is 0. The van der Waals surface area contributed by atoms with E-state index in [-0.39, 0.29) is 23.3 Å². The molecule has 0 radical (unpaired) electrons. The lowest BCUT2D eigenvalue weighted by atomic mass is 10.0. The van der Waals surface area contributed by atoms with Crippen LogP contribution < -0.4 is 9.80 Å². The number of benzene rings is 2. The minimum atomic E-state index is -0.369. The third kappa shape index (κ3) is 3.99. The number of carbonyl (C=O) groups excluding carboxylic acids is 3. The molecule has 0 saturated carbocycles. The molecule has 1 fully saturated rings. The van der Waals surface area contributed by atoms with Crippen molar-refractivity contribution in [2.24, 2.45) is 0 Å². The Hall–Kier alpha value is -3.59. The monoisotopic (exact) mass is 489 g/mol. The number of hydrogen-bond donors (Lipinski definition) is 0. The van der Waals surface area contributed by atoms with Crippen LogP contribution in [0.5, 0.6) is 0 Å². The molecule has 1 aromatic heterocycles. The van der Waals surface area contributed by atoms with Gasteiger partial charge in [0.1, 0.15) is 5.01 Å². The Morgan fingerprint density at radius 1 is 0.914 bits per heavy atom. The van der Waals surface area contributed by atoms with Crippen LogP contribution in [0.15, 0.2) is 36.4 Å². The summed E-state index contributed by atoms with van der Waals surface area (Å²) in [5.74, 6) is -0.838. The van der Waals surface area contributed by atoms with Gasteiger partial charge in [-0.3, -0.25) is 14.4 Å². The van der Waals surface area contributed by atoms with E-state index in [1.807, 2.05) is 39.0 Å². The minimum Gasteiger partial charge on any atom is -0.343 e. The van der Waals surface area contributed by atoms with Crippen molar-refractivity contribution in [3.05, 3.63) is 69.2 Å². The van der Waals surface area contributed by atoms with Gasteiger partial charge in [-0.2, -0.15) is 0 Å². The number of piperazine rings is 1. The lowest BCUT2D eigenvalue weighted by Gasteiger charge is -2.34. The number of rotatable bonds is 5. The number of amides is 3. The fraction of sp³-hybridized carbons (Fsp3) is 0.346. The van der Waals surface area contributed by atoms with E-state index < -0.39 is 0 Å². The number of fused-ring (bicyclic) bond motifs is 1. The zero-order valence-corrected chi connectivity index (χ0v) is 20.9. The number of nitrogens with zero attached hydrogens (tertiary/aromatic N) is 5. The van der Waals surface area contributed by atoms with Gasteiger partial charge in [0.05, 0.1) is 16.8 Å². The molecule has 2 aliphatic rings. The van der Waals surface area contributed by atoms with Crippen molar-refractivity contribution in [1.82, 2.24) is 15.1 Å². The van der Waals surface area contributed by atoms with Crippen molar-refractivity contribution in [2.75, 3.05) is 36.0 Å². The third-order valence-electron chi connectivity index (χ3n) is 6.67. The highest BCUT2D eigenvalue weighted by atomic mass is 32.1. The largest absolute Gasteiger partial charge is 0.343 e. The van der Waals surface area contributed by atoms with E-state index in [9.17, 15) is 14.4 Å². The second kappa shape index (κ2) is 9.22. The van der Waals surface area contributed by atoms with Gasteiger partial charge in [0.25, 0.3) is 17.7 Å². The van der Waals surface area contributed by atoms with Gasteiger partial charge in [0, 0.05) is 31.7 Å². The van der Waals surface area contributed by atoms with Crippen LogP contribution >= 0.6 is 11.3 Å². The summed E-state index contributed by atoms with van der Waals surface area (Å²) in [6.07, 6.45) is 1.42. The molecule has 180 valence electrons. The molecule has 8 nitrogen and oxygen atoms in total. The molecule has 35 heavy (non-hydrogen) atoms. The highest BCUT2D eigenvalue weighted by Gasteiger charge is 2.39. The average Bonchev–Trinajstić information content (AvgIpc) is 3.43. The van der Waals surface area contributed by atoms with E-state index in [2.05, 4.69) is 15.1 Å². The van der Waals surface area contributed by atoms with Crippen molar-refractivity contribution in [2.45, 2.75) is 33.6 Å².